The van der Waals surface area contributed by atoms with Crippen LogP contribution in [-0.4, -0.2) is 0 Å². The first-order valence-corrected chi connectivity index (χ1v) is 9.13. The molecular formula is C26H18N. The second kappa shape index (κ2) is 6.62. The number of hydrogen-bond donors (Lipinski definition) is 0. The molecule has 0 fully saturated rings. The Hall–Kier alpha value is -3.58. The molecule has 0 N–H and O–H groups in total. The highest BCUT2D eigenvalue weighted by molar-refractivity contribution is 5.99. The lowest BCUT2D eigenvalue weighted by Gasteiger charge is -2.25. The second-order valence-corrected chi connectivity index (χ2v) is 6.65. The van der Waals surface area contributed by atoms with Crippen LogP contribution in [0.2, 0.25) is 0 Å². The van der Waals surface area contributed by atoms with E-state index in [1.807, 2.05) is 12.1 Å². The van der Waals surface area contributed by atoms with Crippen LogP contribution in [0.25, 0.3) is 21.5 Å². The Morgan fingerprint density at radius 3 is 1.89 bits per heavy atom. The van der Waals surface area contributed by atoms with Gasteiger partial charge in [0.05, 0.1) is 0 Å². The zero-order valence-corrected chi connectivity index (χ0v) is 14.8. The van der Waals surface area contributed by atoms with Crippen molar-refractivity contribution in [2.24, 2.45) is 0 Å². The number of fused-ring (bicyclic) bond motifs is 2. The summed E-state index contributed by atoms with van der Waals surface area (Å²) >= 11 is 0. The Morgan fingerprint density at radius 1 is 0.481 bits per heavy atom. The van der Waals surface area contributed by atoms with E-state index in [0.29, 0.717) is 0 Å². The third kappa shape index (κ3) is 2.94. The van der Waals surface area contributed by atoms with Crippen molar-refractivity contribution in [1.29, 1.82) is 0 Å². The van der Waals surface area contributed by atoms with Gasteiger partial charge in [-0.1, -0.05) is 60.7 Å². The maximum atomic E-state index is 3.34. The summed E-state index contributed by atoms with van der Waals surface area (Å²) in [7, 11) is 0. The van der Waals surface area contributed by atoms with Crippen molar-refractivity contribution in [2.75, 3.05) is 4.90 Å². The lowest BCUT2D eigenvalue weighted by Crippen LogP contribution is -2.09. The van der Waals surface area contributed by atoms with Gasteiger partial charge in [0.2, 0.25) is 0 Å². The molecule has 127 valence electrons. The molecule has 0 unspecified atom stereocenters. The van der Waals surface area contributed by atoms with Crippen LogP contribution in [0.5, 0.6) is 0 Å². The smallest absolute Gasteiger partial charge is 0.0468 e. The van der Waals surface area contributed by atoms with Gasteiger partial charge < -0.3 is 4.90 Å². The summed E-state index contributed by atoms with van der Waals surface area (Å²) < 4.78 is 0. The number of nitrogens with zero attached hydrogens (tertiary/aromatic N) is 1. The highest BCUT2D eigenvalue weighted by Crippen LogP contribution is 2.36. The molecule has 0 bridgehead atoms. The van der Waals surface area contributed by atoms with Crippen LogP contribution in [0.1, 0.15) is 0 Å². The highest BCUT2D eigenvalue weighted by Gasteiger charge is 2.12. The Kier molecular flexibility index (Phi) is 3.84. The minimum Gasteiger partial charge on any atom is -0.310 e. The second-order valence-electron chi connectivity index (χ2n) is 6.65. The predicted molar refractivity (Wildman–Crippen MR) is 115 cm³/mol. The maximum Gasteiger partial charge on any atom is 0.0468 e. The van der Waals surface area contributed by atoms with Gasteiger partial charge in [-0.3, -0.25) is 0 Å². The minimum atomic E-state index is 1.15. The van der Waals surface area contributed by atoms with Gasteiger partial charge in [0.15, 0.2) is 0 Å². The van der Waals surface area contributed by atoms with Crippen LogP contribution < -0.4 is 4.90 Å². The Bertz CT molecular complexity index is 1170. The Labute approximate surface area is 159 Å². The third-order valence-electron chi connectivity index (χ3n) is 4.89. The van der Waals surface area contributed by atoms with Crippen molar-refractivity contribution < 1.29 is 0 Å². The molecule has 0 spiro atoms. The van der Waals surface area contributed by atoms with Crippen molar-refractivity contribution in [3.8, 4) is 0 Å². The molecule has 1 radical (unpaired) electrons. The van der Waals surface area contributed by atoms with Crippen molar-refractivity contribution in [2.45, 2.75) is 0 Å². The van der Waals surface area contributed by atoms with Gasteiger partial charge in [0.25, 0.3) is 0 Å². The molecule has 0 amide bonds. The van der Waals surface area contributed by atoms with Gasteiger partial charge in [-0.05, 0) is 76.1 Å². The van der Waals surface area contributed by atoms with E-state index in [1.165, 1.54) is 16.2 Å². The fourth-order valence-corrected chi connectivity index (χ4v) is 3.60. The number of anilines is 3. The summed E-state index contributed by atoms with van der Waals surface area (Å²) in [5.41, 5.74) is 3.45. The van der Waals surface area contributed by atoms with Gasteiger partial charge in [0.1, 0.15) is 0 Å². The zero-order valence-electron chi connectivity index (χ0n) is 14.8. The monoisotopic (exact) mass is 344 g/mol. The topological polar surface area (TPSA) is 3.24 Å². The summed E-state index contributed by atoms with van der Waals surface area (Å²) in [6.07, 6.45) is 0. The third-order valence-corrected chi connectivity index (χ3v) is 4.89. The van der Waals surface area contributed by atoms with E-state index in [9.17, 15) is 0 Å². The molecule has 1 nitrogen and oxygen atoms in total. The lowest BCUT2D eigenvalue weighted by molar-refractivity contribution is 1.29. The molecular weight excluding hydrogens is 326 g/mol. The average Bonchev–Trinajstić information content (AvgIpc) is 2.74. The average molecular weight is 344 g/mol. The molecule has 5 aromatic rings. The van der Waals surface area contributed by atoms with Gasteiger partial charge in [-0.15, -0.1) is 0 Å². The Morgan fingerprint density at radius 2 is 1.19 bits per heavy atom. The van der Waals surface area contributed by atoms with Crippen LogP contribution in [0.4, 0.5) is 17.1 Å². The predicted octanol–water partition coefficient (Wildman–Crippen LogP) is 7.26. The van der Waals surface area contributed by atoms with E-state index in [-0.39, 0.29) is 0 Å². The number of para-hydroxylation sites is 2. The summed E-state index contributed by atoms with van der Waals surface area (Å²) in [5, 5.41) is 4.83. The van der Waals surface area contributed by atoms with Crippen LogP contribution in [0.15, 0.2) is 109 Å². The van der Waals surface area contributed by atoms with E-state index >= 15 is 0 Å². The molecule has 0 aromatic heterocycles. The first kappa shape index (κ1) is 15.7. The molecule has 0 atom stereocenters. The van der Waals surface area contributed by atoms with Crippen LogP contribution in [-0.2, 0) is 0 Å². The standard InChI is InChI=1S/C26H18N/c1-3-11-24(12-4-1)27(25-13-5-2-6-14-25)26-16-15-22-17-20-9-7-8-10-21(20)18-23(22)19-26/h1-9,11-19H. The molecule has 0 saturated carbocycles. The van der Waals surface area contributed by atoms with Gasteiger partial charge in [-0.25, -0.2) is 0 Å². The van der Waals surface area contributed by atoms with Crippen LogP contribution in [0, 0.1) is 6.07 Å². The van der Waals surface area contributed by atoms with Crippen LogP contribution >= 0.6 is 0 Å². The van der Waals surface area contributed by atoms with Gasteiger partial charge >= 0.3 is 0 Å². The van der Waals surface area contributed by atoms with Crippen molar-refractivity contribution in [3.05, 3.63) is 115 Å². The maximum absolute atomic E-state index is 3.34. The number of rotatable bonds is 3. The van der Waals surface area contributed by atoms with Gasteiger partial charge in [0, 0.05) is 17.1 Å². The van der Waals surface area contributed by atoms with Crippen LogP contribution in [0.3, 0.4) is 0 Å². The first-order valence-electron chi connectivity index (χ1n) is 9.13. The minimum absolute atomic E-state index is 1.15. The van der Waals surface area contributed by atoms with Crippen molar-refractivity contribution in [1.82, 2.24) is 0 Å². The fraction of sp³-hybridized carbons (Fsp3) is 0. The molecule has 0 heterocycles. The van der Waals surface area contributed by atoms with E-state index in [1.54, 1.807) is 0 Å². The normalized spacial score (nSPS) is 11.0. The molecule has 1 heteroatoms. The molecule has 0 aliphatic rings. The van der Waals surface area contributed by atoms with E-state index < -0.39 is 0 Å². The van der Waals surface area contributed by atoms with E-state index in [0.717, 1.165) is 22.4 Å². The largest absolute Gasteiger partial charge is 0.310 e. The highest BCUT2D eigenvalue weighted by atomic mass is 15.1. The summed E-state index contributed by atoms with van der Waals surface area (Å²) in [6.45, 7) is 0. The summed E-state index contributed by atoms with van der Waals surface area (Å²) in [4.78, 5) is 2.29. The number of hydrogen-bond acceptors (Lipinski definition) is 1. The molecule has 0 aliphatic heterocycles. The molecule has 27 heavy (non-hydrogen) atoms. The lowest BCUT2D eigenvalue weighted by atomic mass is 10.0. The van der Waals surface area contributed by atoms with Crippen molar-refractivity contribution in [3.63, 3.8) is 0 Å². The van der Waals surface area contributed by atoms with Crippen molar-refractivity contribution >= 4 is 38.6 Å². The zero-order chi connectivity index (χ0) is 18.1. The van der Waals surface area contributed by atoms with Gasteiger partial charge in [-0.2, -0.15) is 0 Å². The van der Waals surface area contributed by atoms with E-state index in [4.69, 9.17) is 0 Å². The molecule has 5 rings (SSSR count). The summed E-state index contributed by atoms with van der Waals surface area (Å²) in [5.74, 6) is 0. The molecule has 5 aromatic carbocycles. The fourth-order valence-electron chi connectivity index (χ4n) is 3.60. The summed E-state index contributed by atoms with van der Waals surface area (Å²) in [6, 6.07) is 41.6. The number of benzene rings is 5. The molecule has 0 aliphatic carbocycles. The molecule has 0 saturated heterocycles. The Balaban J connectivity index is 1.71. The first-order chi connectivity index (χ1) is 13.4. The SMILES string of the molecule is [c]1cccc2cc3ccc(N(c4ccccc4)c4ccccc4)cc3cc12. The quantitative estimate of drug-likeness (QED) is 0.311. The van der Waals surface area contributed by atoms with E-state index in [2.05, 4.69) is 108 Å².